The minimum Gasteiger partial charge on any atom is -0.480 e. The van der Waals surface area contributed by atoms with Crippen LogP contribution in [0.4, 0.5) is 0 Å². The normalized spacial score (nSPS) is 22.3. The maximum Gasteiger partial charge on any atom is 0.323 e. The predicted octanol–water partition coefficient (Wildman–Crippen LogP) is 2.22. The van der Waals surface area contributed by atoms with E-state index in [1.54, 1.807) is 18.2 Å². The number of aliphatic carboxylic acids is 1. The van der Waals surface area contributed by atoms with Crippen LogP contribution in [0.25, 0.3) is 10.8 Å². The van der Waals surface area contributed by atoms with Crippen LogP contribution in [0.1, 0.15) is 19.3 Å². The molecule has 0 aromatic heterocycles. The lowest BCUT2D eigenvalue weighted by Gasteiger charge is -2.29. The summed E-state index contributed by atoms with van der Waals surface area (Å²) in [5.74, 6) is -1.26. The number of amides is 1. The fourth-order valence-electron chi connectivity index (χ4n) is 3.96. The van der Waals surface area contributed by atoms with Gasteiger partial charge in [0.05, 0.1) is 4.90 Å². The van der Waals surface area contributed by atoms with Crippen molar-refractivity contribution >= 4 is 45.3 Å². The average Bonchev–Trinajstić information content (AvgIpc) is 3.44. The standard InChI is InChI=1S/C21H24N2O5S2/c24-20(25)13-22(11-14-5-6-14)21(26)19-10-17(29)12-23(19)30(27,28)18-8-7-15-3-1-2-4-16(15)9-18/h1-4,7-9,14,17,19,29H,5-6,10-13H2,(H,24,25). The Morgan fingerprint density at radius 1 is 1.13 bits per heavy atom. The number of sulfonamides is 1. The van der Waals surface area contributed by atoms with E-state index in [0.717, 1.165) is 23.6 Å². The Bertz CT molecular complexity index is 1080. The molecule has 1 aliphatic carbocycles. The van der Waals surface area contributed by atoms with E-state index in [9.17, 15) is 23.1 Å². The van der Waals surface area contributed by atoms with Gasteiger partial charge >= 0.3 is 5.97 Å². The van der Waals surface area contributed by atoms with Crippen molar-refractivity contribution in [2.75, 3.05) is 19.6 Å². The molecule has 1 N–H and O–H groups in total. The summed E-state index contributed by atoms with van der Waals surface area (Å²) in [5.41, 5.74) is 0. The Hall–Kier alpha value is -2.10. The van der Waals surface area contributed by atoms with Crippen LogP contribution >= 0.6 is 12.6 Å². The number of hydrogen-bond acceptors (Lipinski definition) is 5. The smallest absolute Gasteiger partial charge is 0.323 e. The second-order valence-corrected chi connectivity index (χ2v) is 10.7. The van der Waals surface area contributed by atoms with E-state index in [1.807, 2.05) is 24.3 Å². The zero-order valence-corrected chi connectivity index (χ0v) is 18.1. The Kier molecular flexibility index (Phi) is 5.78. The molecule has 1 saturated carbocycles. The summed E-state index contributed by atoms with van der Waals surface area (Å²) < 4.78 is 28.0. The van der Waals surface area contributed by atoms with Crippen molar-refractivity contribution in [2.45, 2.75) is 35.4 Å². The van der Waals surface area contributed by atoms with Gasteiger partial charge in [-0.25, -0.2) is 8.42 Å². The molecule has 2 aliphatic rings. The number of fused-ring (bicyclic) bond motifs is 1. The van der Waals surface area contributed by atoms with Crippen LogP contribution in [0.5, 0.6) is 0 Å². The molecule has 30 heavy (non-hydrogen) atoms. The molecule has 1 saturated heterocycles. The van der Waals surface area contributed by atoms with Crippen molar-refractivity contribution in [1.29, 1.82) is 0 Å². The van der Waals surface area contributed by atoms with Gasteiger partial charge < -0.3 is 10.0 Å². The molecule has 2 aromatic carbocycles. The number of benzene rings is 2. The van der Waals surface area contributed by atoms with Gasteiger partial charge in [0.2, 0.25) is 15.9 Å². The predicted molar refractivity (Wildman–Crippen MR) is 116 cm³/mol. The molecule has 0 radical (unpaired) electrons. The second-order valence-electron chi connectivity index (χ2n) is 8.04. The highest BCUT2D eigenvalue weighted by Crippen LogP contribution is 2.33. The molecule has 160 valence electrons. The Labute approximate surface area is 181 Å². The Balaban J connectivity index is 1.64. The summed E-state index contributed by atoms with van der Waals surface area (Å²) in [4.78, 5) is 25.9. The molecule has 2 atom stereocenters. The average molecular weight is 449 g/mol. The van der Waals surface area contributed by atoms with Crippen LogP contribution in [0.2, 0.25) is 0 Å². The highest BCUT2D eigenvalue weighted by atomic mass is 32.2. The van der Waals surface area contributed by atoms with Gasteiger partial charge in [-0.2, -0.15) is 16.9 Å². The van der Waals surface area contributed by atoms with Gasteiger partial charge in [-0.15, -0.1) is 0 Å². The molecule has 1 amide bonds. The van der Waals surface area contributed by atoms with Crippen LogP contribution in [-0.2, 0) is 19.6 Å². The zero-order valence-electron chi connectivity index (χ0n) is 16.3. The van der Waals surface area contributed by atoms with Crippen LogP contribution in [0, 0.1) is 5.92 Å². The maximum absolute atomic E-state index is 13.4. The molecule has 1 aliphatic heterocycles. The lowest BCUT2D eigenvalue weighted by Crippen LogP contribution is -2.49. The van der Waals surface area contributed by atoms with Gasteiger partial charge in [0, 0.05) is 18.3 Å². The molecule has 0 spiro atoms. The lowest BCUT2D eigenvalue weighted by atomic mass is 10.1. The van der Waals surface area contributed by atoms with E-state index < -0.39 is 34.5 Å². The fraction of sp³-hybridized carbons (Fsp3) is 0.429. The highest BCUT2D eigenvalue weighted by Gasteiger charge is 2.45. The van der Waals surface area contributed by atoms with E-state index >= 15 is 0 Å². The molecule has 7 nitrogen and oxygen atoms in total. The summed E-state index contributed by atoms with van der Waals surface area (Å²) >= 11 is 4.44. The summed E-state index contributed by atoms with van der Waals surface area (Å²) in [6.07, 6.45) is 2.18. The van der Waals surface area contributed by atoms with E-state index in [-0.39, 0.29) is 23.1 Å². The van der Waals surface area contributed by atoms with E-state index in [2.05, 4.69) is 12.6 Å². The summed E-state index contributed by atoms with van der Waals surface area (Å²) in [7, 11) is -3.94. The maximum atomic E-state index is 13.4. The van der Waals surface area contributed by atoms with Crippen LogP contribution < -0.4 is 0 Å². The molecule has 2 fully saturated rings. The fourth-order valence-corrected chi connectivity index (χ4v) is 6.12. The van der Waals surface area contributed by atoms with Gasteiger partial charge in [-0.05, 0) is 48.1 Å². The third-order valence-corrected chi connectivity index (χ3v) is 7.90. The third-order valence-electron chi connectivity index (χ3n) is 5.66. The second kappa shape index (κ2) is 8.20. The Morgan fingerprint density at radius 3 is 2.50 bits per heavy atom. The van der Waals surface area contributed by atoms with Gasteiger partial charge in [0.25, 0.3) is 0 Å². The van der Waals surface area contributed by atoms with Crippen molar-refractivity contribution in [3.05, 3.63) is 42.5 Å². The molecule has 1 heterocycles. The van der Waals surface area contributed by atoms with Gasteiger partial charge in [0.15, 0.2) is 0 Å². The van der Waals surface area contributed by atoms with Crippen LogP contribution in [0.15, 0.2) is 47.4 Å². The third kappa shape index (κ3) is 4.33. The number of nitrogens with zero attached hydrogens (tertiary/aromatic N) is 2. The Morgan fingerprint density at radius 2 is 1.83 bits per heavy atom. The first-order valence-corrected chi connectivity index (χ1v) is 11.9. The monoisotopic (exact) mass is 448 g/mol. The zero-order chi connectivity index (χ0) is 21.5. The van der Waals surface area contributed by atoms with Crippen molar-refractivity contribution in [3.63, 3.8) is 0 Å². The first kappa shape index (κ1) is 21.1. The number of carbonyl (C=O) groups is 2. The first-order chi connectivity index (χ1) is 14.3. The molecule has 2 aromatic rings. The minimum absolute atomic E-state index is 0.110. The van der Waals surface area contributed by atoms with Crippen molar-refractivity contribution in [1.82, 2.24) is 9.21 Å². The van der Waals surface area contributed by atoms with Crippen molar-refractivity contribution in [2.24, 2.45) is 5.92 Å². The van der Waals surface area contributed by atoms with Crippen molar-refractivity contribution in [3.8, 4) is 0 Å². The molecular formula is C21H24N2O5S2. The van der Waals surface area contributed by atoms with E-state index in [0.29, 0.717) is 12.5 Å². The topological polar surface area (TPSA) is 95.0 Å². The number of carboxylic acids is 1. The highest BCUT2D eigenvalue weighted by molar-refractivity contribution is 7.89. The van der Waals surface area contributed by atoms with Crippen molar-refractivity contribution < 1.29 is 23.1 Å². The number of hydrogen-bond donors (Lipinski definition) is 2. The molecule has 2 unspecified atom stereocenters. The van der Waals surface area contributed by atoms with Gasteiger partial charge in [-0.3, -0.25) is 9.59 Å². The number of thiol groups is 1. The lowest BCUT2D eigenvalue weighted by molar-refractivity contribution is -0.146. The van der Waals surface area contributed by atoms with E-state index in [4.69, 9.17) is 0 Å². The SMILES string of the molecule is O=C(O)CN(CC1CC1)C(=O)C1CC(S)CN1S(=O)(=O)c1ccc2ccccc2c1. The summed E-state index contributed by atoms with van der Waals surface area (Å²) in [5, 5.41) is 10.7. The van der Waals surface area contributed by atoms with Crippen LogP contribution in [0.3, 0.4) is 0 Å². The quantitative estimate of drug-likeness (QED) is 0.634. The molecule has 0 bridgehead atoms. The molecule has 9 heteroatoms. The number of rotatable bonds is 7. The molecular weight excluding hydrogens is 424 g/mol. The largest absolute Gasteiger partial charge is 0.480 e. The number of carbonyl (C=O) groups excluding carboxylic acids is 1. The molecule has 4 rings (SSSR count). The van der Waals surface area contributed by atoms with Gasteiger partial charge in [-0.1, -0.05) is 30.3 Å². The van der Waals surface area contributed by atoms with E-state index in [1.165, 1.54) is 9.21 Å². The first-order valence-electron chi connectivity index (χ1n) is 9.95. The van der Waals surface area contributed by atoms with Gasteiger partial charge in [0.1, 0.15) is 12.6 Å². The minimum atomic E-state index is -3.94. The summed E-state index contributed by atoms with van der Waals surface area (Å²) in [6.45, 7) is 0.0364. The number of carboxylic acid groups (broad SMARTS) is 1. The van der Waals surface area contributed by atoms with Crippen LogP contribution in [-0.4, -0.2) is 65.5 Å². The summed E-state index contributed by atoms with van der Waals surface area (Å²) in [6, 6.07) is 11.4.